The first-order valence-corrected chi connectivity index (χ1v) is 8.10. The van der Waals surface area contributed by atoms with Crippen LogP contribution in [-0.4, -0.2) is 54.3 Å². The molecule has 2 heterocycles. The van der Waals surface area contributed by atoms with E-state index in [-0.39, 0.29) is 18.3 Å². The van der Waals surface area contributed by atoms with Crippen LogP contribution in [0.2, 0.25) is 0 Å². The van der Waals surface area contributed by atoms with Gasteiger partial charge in [0.2, 0.25) is 0 Å². The highest BCUT2D eigenvalue weighted by atomic mass is 32.1. The van der Waals surface area contributed by atoms with Crippen LogP contribution in [0.5, 0.6) is 0 Å². The monoisotopic (exact) mass is 311 g/mol. The van der Waals surface area contributed by atoms with E-state index in [4.69, 9.17) is 5.73 Å². The summed E-state index contributed by atoms with van der Waals surface area (Å²) in [6, 6.07) is 0. The van der Waals surface area contributed by atoms with Gasteiger partial charge in [-0.3, -0.25) is 4.79 Å². The van der Waals surface area contributed by atoms with E-state index in [9.17, 15) is 9.90 Å². The minimum atomic E-state index is -0.456. The average molecular weight is 311 g/mol. The van der Waals surface area contributed by atoms with Gasteiger partial charge >= 0.3 is 0 Å². The molecule has 1 aliphatic heterocycles. The lowest BCUT2D eigenvalue weighted by molar-refractivity contribution is 0.0645. The summed E-state index contributed by atoms with van der Waals surface area (Å²) in [5.41, 5.74) is 5.45. The van der Waals surface area contributed by atoms with Gasteiger partial charge in [-0.05, 0) is 19.3 Å². The van der Waals surface area contributed by atoms with Crippen molar-refractivity contribution in [2.75, 3.05) is 43.4 Å². The second-order valence-electron chi connectivity index (χ2n) is 5.69. The van der Waals surface area contributed by atoms with Gasteiger partial charge in [0.05, 0.1) is 12.1 Å². The van der Waals surface area contributed by atoms with Crippen LogP contribution < -0.4 is 21.3 Å². The van der Waals surface area contributed by atoms with E-state index >= 15 is 0 Å². The number of hydrogen-bond acceptors (Lipinski definition) is 7. The fourth-order valence-corrected chi connectivity index (χ4v) is 3.63. The minimum Gasteiger partial charge on any atom is -0.394 e. The number of thiazole rings is 1. The number of carbonyl (C=O) groups excluding carboxylic acids is 1. The number of nitrogens with zero attached hydrogens (tertiary/aromatic N) is 2. The van der Waals surface area contributed by atoms with E-state index in [0.717, 1.165) is 50.6 Å². The highest BCUT2D eigenvalue weighted by molar-refractivity contribution is 7.18. The summed E-state index contributed by atoms with van der Waals surface area (Å²) in [5.74, 6) is 0.0542. The largest absolute Gasteiger partial charge is 0.394 e. The highest BCUT2D eigenvalue weighted by Crippen LogP contribution is 2.33. The van der Waals surface area contributed by atoms with Gasteiger partial charge in [0, 0.05) is 26.2 Å². The lowest BCUT2D eigenvalue weighted by Crippen LogP contribution is -2.56. The highest BCUT2D eigenvalue weighted by Gasteiger charge is 2.38. The quantitative estimate of drug-likeness (QED) is 0.613. The third kappa shape index (κ3) is 2.83. The second-order valence-corrected chi connectivity index (χ2v) is 6.67. The zero-order chi connectivity index (χ0) is 14.9. The van der Waals surface area contributed by atoms with Gasteiger partial charge in [-0.25, -0.2) is 4.98 Å². The molecule has 5 N–H and O–H groups in total. The standard InChI is InChI=1S/C13H21N5O2S/c14-10-9(11(20)17-13(8-19)2-1-3-13)21-12(16-10)18-6-4-15-5-7-18/h15,19H,1-8,14H2,(H,17,20). The topological polar surface area (TPSA) is 104 Å². The van der Waals surface area contributed by atoms with E-state index in [0.29, 0.717) is 4.88 Å². The van der Waals surface area contributed by atoms with Gasteiger partial charge in [0.1, 0.15) is 10.7 Å². The number of nitrogen functional groups attached to an aromatic ring is 1. The maximum absolute atomic E-state index is 12.4. The molecule has 21 heavy (non-hydrogen) atoms. The van der Waals surface area contributed by atoms with E-state index in [1.165, 1.54) is 11.3 Å². The molecule has 0 aromatic carbocycles. The summed E-state index contributed by atoms with van der Waals surface area (Å²) in [6.07, 6.45) is 2.67. The molecule has 1 amide bonds. The molecule has 2 aliphatic rings. The number of nitrogens with one attached hydrogen (secondary N) is 2. The molecule has 0 radical (unpaired) electrons. The summed E-state index contributed by atoms with van der Waals surface area (Å²) in [5, 5.41) is 16.4. The number of aliphatic hydroxyl groups excluding tert-OH is 1. The predicted octanol–water partition coefficient (Wildman–Crippen LogP) is -0.220. The molecule has 0 bridgehead atoms. The maximum atomic E-state index is 12.4. The van der Waals surface area contributed by atoms with Gasteiger partial charge in [-0.1, -0.05) is 11.3 Å². The lowest BCUT2D eigenvalue weighted by atomic mass is 9.77. The molecule has 3 rings (SSSR count). The molecule has 0 unspecified atom stereocenters. The molecule has 0 atom stereocenters. The first kappa shape index (κ1) is 14.6. The van der Waals surface area contributed by atoms with Crippen LogP contribution in [0.1, 0.15) is 28.9 Å². The molecule has 1 saturated heterocycles. The average Bonchev–Trinajstić information content (AvgIpc) is 2.86. The Hall–Kier alpha value is -1.38. The number of piperazine rings is 1. The number of nitrogens with two attached hydrogens (primary N) is 1. The third-order valence-corrected chi connectivity index (χ3v) is 5.36. The van der Waals surface area contributed by atoms with Crippen LogP contribution in [0.15, 0.2) is 0 Å². The summed E-state index contributed by atoms with van der Waals surface area (Å²) >= 11 is 1.33. The first-order chi connectivity index (χ1) is 10.1. The van der Waals surface area contributed by atoms with Crippen molar-refractivity contribution in [2.45, 2.75) is 24.8 Å². The number of amides is 1. The van der Waals surface area contributed by atoms with Gasteiger partial charge in [-0.15, -0.1) is 0 Å². The van der Waals surface area contributed by atoms with E-state index in [1.54, 1.807) is 0 Å². The van der Waals surface area contributed by atoms with Crippen molar-refractivity contribution < 1.29 is 9.90 Å². The first-order valence-electron chi connectivity index (χ1n) is 7.29. The Labute approximate surface area is 127 Å². The third-order valence-electron chi connectivity index (χ3n) is 4.23. The van der Waals surface area contributed by atoms with Gasteiger partial charge in [-0.2, -0.15) is 0 Å². The van der Waals surface area contributed by atoms with Gasteiger partial charge < -0.3 is 26.4 Å². The summed E-state index contributed by atoms with van der Waals surface area (Å²) in [7, 11) is 0. The van der Waals surface area contributed by atoms with Crippen LogP contribution in [0.4, 0.5) is 10.9 Å². The summed E-state index contributed by atoms with van der Waals surface area (Å²) in [4.78, 5) is 19.3. The van der Waals surface area contributed by atoms with Crippen molar-refractivity contribution >= 4 is 28.2 Å². The van der Waals surface area contributed by atoms with Crippen molar-refractivity contribution in [3.05, 3.63) is 4.88 Å². The molecule has 2 fully saturated rings. The zero-order valence-electron chi connectivity index (χ0n) is 11.9. The van der Waals surface area contributed by atoms with Gasteiger partial charge in [0.15, 0.2) is 5.13 Å². The smallest absolute Gasteiger partial charge is 0.265 e. The molecule has 116 valence electrons. The van der Waals surface area contributed by atoms with Crippen LogP contribution in [0, 0.1) is 0 Å². The maximum Gasteiger partial charge on any atom is 0.265 e. The van der Waals surface area contributed by atoms with E-state index in [2.05, 4.69) is 20.5 Å². The zero-order valence-corrected chi connectivity index (χ0v) is 12.7. The van der Waals surface area contributed by atoms with Crippen molar-refractivity contribution in [1.29, 1.82) is 0 Å². The summed E-state index contributed by atoms with van der Waals surface area (Å²) in [6.45, 7) is 3.54. The Bertz CT molecular complexity index is 517. The number of aromatic nitrogens is 1. The van der Waals surface area contributed by atoms with Crippen molar-refractivity contribution in [3.8, 4) is 0 Å². The SMILES string of the molecule is Nc1nc(N2CCNCC2)sc1C(=O)NC1(CO)CCC1. The molecular weight excluding hydrogens is 290 g/mol. The number of aliphatic hydroxyl groups is 1. The molecule has 0 spiro atoms. The summed E-state index contributed by atoms with van der Waals surface area (Å²) < 4.78 is 0. The Kier molecular flexibility index (Phi) is 4.01. The van der Waals surface area contributed by atoms with E-state index < -0.39 is 5.54 Å². The van der Waals surface area contributed by atoms with Crippen LogP contribution in [-0.2, 0) is 0 Å². The fourth-order valence-electron chi connectivity index (χ4n) is 2.70. The Morgan fingerprint density at radius 3 is 2.76 bits per heavy atom. The second kappa shape index (κ2) is 5.78. The van der Waals surface area contributed by atoms with E-state index in [1.807, 2.05) is 0 Å². The number of hydrogen-bond donors (Lipinski definition) is 4. The molecule has 1 aliphatic carbocycles. The Balaban J connectivity index is 1.72. The number of carbonyl (C=O) groups is 1. The Morgan fingerprint density at radius 1 is 1.48 bits per heavy atom. The molecule has 1 saturated carbocycles. The Morgan fingerprint density at radius 2 is 2.19 bits per heavy atom. The van der Waals surface area contributed by atoms with Crippen LogP contribution in [0.25, 0.3) is 0 Å². The van der Waals surface area contributed by atoms with Crippen molar-refractivity contribution in [3.63, 3.8) is 0 Å². The lowest BCUT2D eigenvalue weighted by Gasteiger charge is -2.40. The van der Waals surface area contributed by atoms with Crippen molar-refractivity contribution in [1.82, 2.24) is 15.6 Å². The van der Waals surface area contributed by atoms with Crippen molar-refractivity contribution in [2.24, 2.45) is 0 Å². The predicted molar refractivity (Wildman–Crippen MR) is 82.7 cm³/mol. The molecule has 7 nitrogen and oxygen atoms in total. The molecule has 8 heteroatoms. The fraction of sp³-hybridized carbons (Fsp3) is 0.692. The van der Waals surface area contributed by atoms with Crippen LogP contribution >= 0.6 is 11.3 Å². The number of anilines is 2. The molecular formula is C13H21N5O2S. The normalized spacial score (nSPS) is 20.9. The van der Waals surface area contributed by atoms with Gasteiger partial charge in [0.25, 0.3) is 5.91 Å². The molecule has 1 aromatic heterocycles. The minimum absolute atomic E-state index is 0.0257. The molecule has 1 aromatic rings. The van der Waals surface area contributed by atoms with Crippen LogP contribution in [0.3, 0.4) is 0 Å². The number of rotatable bonds is 4.